The van der Waals surface area contributed by atoms with E-state index >= 15 is 0 Å². The van der Waals surface area contributed by atoms with Gasteiger partial charge in [-0.3, -0.25) is 0 Å². The molecule has 0 amide bonds. The minimum Gasteiger partial charge on any atom is -0.494 e. The first-order valence-electron chi connectivity index (χ1n) is 26.5. The molecule has 5 heterocycles. The van der Waals surface area contributed by atoms with Gasteiger partial charge in [-0.15, -0.1) is 0 Å². The fourth-order valence-corrected chi connectivity index (χ4v) is 14.5. The van der Waals surface area contributed by atoms with E-state index in [1.54, 1.807) is 0 Å². The summed E-state index contributed by atoms with van der Waals surface area (Å²) in [5.41, 5.74) is 2.50. The van der Waals surface area contributed by atoms with Gasteiger partial charge in [0.15, 0.2) is 25.2 Å². The highest BCUT2D eigenvalue weighted by atomic mass is 16.8. The number of ether oxygens (including phenoxy) is 9. The van der Waals surface area contributed by atoms with Crippen LogP contribution in [-0.2, 0) is 42.6 Å². The molecule has 0 aromatic carbocycles. The van der Waals surface area contributed by atoms with E-state index in [2.05, 4.69) is 26.8 Å². The molecule has 29 atom stereocenters. The standard InChI is InChI=1S/C51H82O22/c1-20(19-65-46-41(62)39(60)35(56)30(16-52)69-46)6-9-28-21(2)33-29(68-28)15-27-25-8-7-23-14-24(10-12-50(23,4)26(25)11-13-51(27,33)5)67-49-45(73-47-42(63)38(59)34(55)22(3)66-47)44(37(58)32(18-54)71-49)72-48-43(64)40(61)36(57)31(17-53)70-48/h7,20,22,24-27,29-49,52-64H,6,8-19H2,1-5H3/t20-,22+,24+,25-,26+,27+,29+,30-,31-,32-,33+,34+,35-,36-,37-,38-,39+,40+,41-,42-,43-,44+,45-,46-,47+,48+,49-,50+,51+/m1/s1. The molecule has 22 heteroatoms. The Kier molecular flexibility index (Phi) is 17.2. The molecule has 0 aromatic rings. The Morgan fingerprint density at radius 3 is 1.88 bits per heavy atom. The lowest BCUT2D eigenvalue weighted by Gasteiger charge is -2.58. The predicted octanol–water partition coefficient (Wildman–Crippen LogP) is -2.06. The second kappa shape index (κ2) is 22.3. The zero-order chi connectivity index (χ0) is 52.6. The van der Waals surface area contributed by atoms with E-state index < -0.39 is 149 Å². The normalized spacial score (nSPS) is 52.4. The number of allylic oxidation sites excluding steroid dienone is 2. The van der Waals surface area contributed by atoms with Gasteiger partial charge in [-0.05, 0) is 105 Å². The van der Waals surface area contributed by atoms with Crippen LogP contribution in [0.2, 0.25) is 0 Å². The monoisotopic (exact) mass is 1050 g/mol. The van der Waals surface area contributed by atoms with Crippen molar-refractivity contribution in [2.45, 2.75) is 227 Å². The van der Waals surface area contributed by atoms with Crippen molar-refractivity contribution in [3.8, 4) is 0 Å². The number of hydrogen-bond acceptors (Lipinski definition) is 22. The van der Waals surface area contributed by atoms with E-state index in [0.717, 1.165) is 50.7 Å². The summed E-state index contributed by atoms with van der Waals surface area (Å²) in [7, 11) is 0. The lowest BCUT2D eigenvalue weighted by molar-refractivity contribution is -0.394. The van der Waals surface area contributed by atoms with Crippen LogP contribution in [0.3, 0.4) is 0 Å². The highest BCUT2D eigenvalue weighted by Crippen LogP contribution is 2.69. The van der Waals surface area contributed by atoms with Gasteiger partial charge in [0.1, 0.15) is 97.7 Å². The molecule has 73 heavy (non-hydrogen) atoms. The first-order valence-corrected chi connectivity index (χ1v) is 26.5. The van der Waals surface area contributed by atoms with E-state index in [0.29, 0.717) is 36.5 Å². The Labute approximate surface area is 425 Å². The summed E-state index contributed by atoms with van der Waals surface area (Å²) in [5.74, 6) is 2.70. The first-order chi connectivity index (χ1) is 34.6. The molecule has 7 fully saturated rings. The molecule has 0 bridgehead atoms. The Hall–Kier alpha value is -1.56. The summed E-state index contributed by atoms with van der Waals surface area (Å²) in [6.45, 7) is 8.79. The highest BCUT2D eigenvalue weighted by molar-refractivity contribution is 5.30. The van der Waals surface area contributed by atoms with Crippen molar-refractivity contribution in [1.29, 1.82) is 0 Å². The van der Waals surface area contributed by atoms with Gasteiger partial charge in [0.25, 0.3) is 0 Å². The Balaban J connectivity index is 0.867. The van der Waals surface area contributed by atoms with Crippen molar-refractivity contribution in [3.63, 3.8) is 0 Å². The van der Waals surface area contributed by atoms with Crippen LogP contribution in [0.4, 0.5) is 0 Å². The third kappa shape index (κ3) is 10.2. The van der Waals surface area contributed by atoms with Crippen molar-refractivity contribution in [1.82, 2.24) is 0 Å². The molecule has 0 radical (unpaired) electrons. The SMILES string of the molecule is CC1=C(CC[C@@H](C)CO[C@@H]2O[C@H](CO)[C@@H](O)[C@H](O)[C@H]2O)O[C@H]2C[C@H]3[C@@H]4CC=C5C[C@@H](O[C@@H]6O[C@H](CO)[C@@H](O)[C@H](O[C@@H]7O[C@H](CO)[C@@H](O)[C@H](O)[C@H]7O)[C@H]6O[C@@H]6O[C@@H](C)[C@H](O)[C@@H](O)[C@H]6O)CC[C@]5(C)[C@H]4CC[C@]3(C)[C@@H]12. The van der Waals surface area contributed by atoms with Gasteiger partial charge >= 0.3 is 0 Å². The molecule has 4 aliphatic carbocycles. The third-order valence-electron chi connectivity index (χ3n) is 18.9. The lowest BCUT2D eigenvalue weighted by atomic mass is 9.47. The second-order valence-corrected chi connectivity index (χ2v) is 23.3. The molecule has 13 N–H and O–H groups in total. The third-order valence-corrected chi connectivity index (χ3v) is 18.9. The van der Waals surface area contributed by atoms with E-state index in [-0.39, 0.29) is 29.5 Å². The summed E-state index contributed by atoms with van der Waals surface area (Å²) < 4.78 is 55.0. The number of fused-ring (bicyclic) bond motifs is 7. The van der Waals surface area contributed by atoms with Crippen LogP contribution in [0.15, 0.2) is 23.0 Å². The molecule has 0 spiro atoms. The minimum absolute atomic E-state index is 0.0500. The van der Waals surface area contributed by atoms with Crippen LogP contribution < -0.4 is 0 Å². The van der Waals surface area contributed by atoms with Crippen LogP contribution in [-0.4, -0.2) is 228 Å². The zero-order valence-electron chi connectivity index (χ0n) is 42.3. The highest BCUT2D eigenvalue weighted by Gasteiger charge is 2.64. The van der Waals surface area contributed by atoms with Crippen molar-refractivity contribution in [2.24, 2.45) is 40.4 Å². The first kappa shape index (κ1) is 56.2. The molecule has 9 aliphatic rings. The lowest BCUT2D eigenvalue weighted by Crippen LogP contribution is -2.67. The summed E-state index contributed by atoms with van der Waals surface area (Å²) in [5, 5.41) is 136. The van der Waals surface area contributed by atoms with E-state index in [4.69, 9.17) is 42.6 Å². The van der Waals surface area contributed by atoms with Crippen molar-refractivity contribution in [2.75, 3.05) is 26.4 Å². The summed E-state index contributed by atoms with van der Waals surface area (Å²) in [4.78, 5) is 0. The van der Waals surface area contributed by atoms with Crippen LogP contribution >= 0.6 is 0 Å². The van der Waals surface area contributed by atoms with Crippen LogP contribution in [0, 0.1) is 40.4 Å². The van der Waals surface area contributed by atoms with Gasteiger partial charge in [0, 0.05) is 12.3 Å². The Bertz CT molecular complexity index is 1940. The number of hydrogen-bond donors (Lipinski definition) is 13. The predicted molar refractivity (Wildman–Crippen MR) is 249 cm³/mol. The van der Waals surface area contributed by atoms with Gasteiger partial charge in [0.2, 0.25) is 0 Å². The van der Waals surface area contributed by atoms with Crippen LogP contribution in [0.1, 0.15) is 92.4 Å². The fourth-order valence-electron chi connectivity index (χ4n) is 14.5. The molecule has 0 unspecified atom stereocenters. The average Bonchev–Trinajstić information content (AvgIpc) is 3.86. The van der Waals surface area contributed by atoms with Crippen molar-refractivity contribution >= 4 is 0 Å². The van der Waals surface area contributed by atoms with E-state index in [1.165, 1.54) is 18.1 Å². The maximum atomic E-state index is 11.6. The van der Waals surface area contributed by atoms with Gasteiger partial charge in [0.05, 0.1) is 44.4 Å². The van der Waals surface area contributed by atoms with Crippen molar-refractivity contribution < 1.29 is 109 Å². The quantitative estimate of drug-likeness (QED) is 0.0785. The molecule has 22 nitrogen and oxygen atoms in total. The van der Waals surface area contributed by atoms with Gasteiger partial charge in [-0.25, -0.2) is 0 Å². The smallest absolute Gasteiger partial charge is 0.187 e. The fraction of sp³-hybridized carbons (Fsp3) is 0.922. The number of rotatable bonds is 15. The average molecular weight is 1050 g/mol. The molecule has 3 saturated carbocycles. The zero-order valence-corrected chi connectivity index (χ0v) is 42.3. The largest absolute Gasteiger partial charge is 0.494 e. The van der Waals surface area contributed by atoms with Gasteiger partial charge in [-0.1, -0.05) is 32.4 Å². The molecule has 418 valence electrons. The van der Waals surface area contributed by atoms with Gasteiger partial charge in [-0.2, -0.15) is 0 Å². The molecular weight excluding hydrogens is 965 g/mol. The number of aliphatic hydroxyl groups is 13. The summed E-state index contributed by atoms with van der Waals surface area (Å²) >= 11 is 0. The second-order valence-electron chi connectivity index (χ2n) is 23.3. The Morgan fingerprint density at radius 1 is 0.644 bits per heavy atom. The molecular formula is C51H82O22. The molecule has 0 aromatic heterocycles. The van der Waals surface area contributed by atoms with Gasteiger partial charge < -0.3 is 109 Å². The maximum Gasteiger partial charge on any atom is 0.187 e. The molecule has 4 saturated heterocycles. The maximum absolute atomic E-state index is 11.6. The van der Waals surface area contributed by atoms with E-state index in [9.17, 15) is 66.4 Å². The summed E-state index contributed by atoms with van der Waals surface area (Å²) in [6.07, 6.45) is -20.8. The van der Waals surface area contributed by atoms with Crippen LogP contribution in [0.5, 0.6) is 0 Å². The minimum atomic E-state index is -1.87. The topological polar surface area (TPSA) is 346 Å². The number of aliphatic hydroxyl groups excluding tert-OH is 13. The molecule has 9 rings (SSSR count). The van der Waals surface area contributed by atoms with Crippen molar-refractivity contribution in [3.05, 3.63) is 23.0 Å². The Morgan fingerprint density at radius 2 is 1.22 bits per heavy atom. The van der Waals surface area contributed by atoms with E-state index in [1.807, 2.05) is 6.92 Å². The summed E-state index contributed by atoms with van der Waals surface area (Å²) in [6, 6.07) is 0. The molecule has 5 aliphatic heterocycles. The van der Waals surface area contributed by atoms with Crippen LogP contribution in [0.25, 0.3) is 0 Å².